The lowest BCUT2D eigenvalue weighted by Crippen LogP contribution is -2.50. The van der Waals surface area contributed by atoms with Crippen molar-refractivity contribution < 1.29 is 4.74 Å². The largest absolute Gasteiger partial charge is 0.381 e. The van der Waals surface area contributed by atoms with Gasteiger partial charge in [-0.1, -0.05) is 6.92 Å². The minimum atomic E-state index is 0.203. The third-order valence-electron chi connectivity index (χ3n) is 4.97. The van der Waals surface area contributed by atoms with Crippen molar-refractivity contribution in [1.29, 1.82) is 0 Å². The first-order valence-electron chi connectivity index (χ1n) is 8.31. The fourth-order valence-corrected chi connectivity index (χ4v) is 3.34. The molecule has 1 saturated heterocycles. The first-order chi connectivity index (χ1) is 9.30. The van der Waals surface area contributed by atoms with Crippen molar-refractivity contribution in [2.45, 2.75) is 52.5 Å². The molecular formula is C17H34N2O. The zero-order valence-corrected chi connectivity index (χ0v) is 14.2. The zero-order chi connectivity index (χ0) is 14.8. The van der Waals surface area contributed by atoms with E-state index in [0.29, 0.717) is 5.41 Å². The quantitative estimate of drug-likeness (QED) is 0.811. The molecule has 1 aliphatic carbocycles. The molecule has 118 valence electrons. The monoisotopic (exact) mass is 282 g/mol. The Morgan fingerprint density at radius 2 is 1.85 bits per heavy atom. The van der Waals surface area contributed by atoms with Crippen molar-refractivity contribution in [3.05, 3.63) is 0 Å². The van der Waals surface area contributed by atoms with Gasteiger partial charge in [0.05, 0.1) is 0 Å². The molecule has 0 spiro atoms. The van der Waals surface area contributed by atoms with Crippen molar-refractivity contribution in [3.63, 3.8) is 0 Å². The van der Waals surface area contributed by atoms with Gasteiger partial charge in [0.25, 0.3) is 0 Å². The van der Waals surface area contributed by atoms with Gasteiger partial charge in [-0.2, -0.15) is 0 Å². The highest BCUT2D eigenvalue weighted by Gasteiger charge is 2.37. The van der Waals surface area contributed by atoms with E-state index in [-0.39, 0.29) is 5.54 Å². The van der Waals surface area contributed by atoms with Crippen LogP contribution >= 0.6 is 0 Å². The SMILES string of the molecule is CC1CC1CN(C)CC1(CNC(C)(C)C)CCOCC1. The van der Waals surface area contributed by atoms with E-state index in [1.807, 2.05) is 0 Å². The summed E-state index contributed by atoms with van der Waals surface area (Å²) < 4.78 is 5.60. The Hall–Kier alpha value is -0.120. The summed E-state index contributed by atoms with van der Waals surface area (Å²) >= 11 is 0. The molecule has 2 aliphatic rings. The highest BCUT2D eigenvalue weighted by molar-refractivity contribution is 4.91. The van der Waals surface area contributed by atoms with Crippen LogP contribution in [0.3, 0.4) is 0 Å². The Morgan fingerprint density at radius 1 is 1.25 bits per heavy atom. The van der Waals surface area contributed by atoms with Gasteiger partial charge >= 0.3 is 0 Å². The first-order valence-corrected chi connectivity index (χ1v) is 8.31. The fraction of sp³-hybridized carbons (Fsp3) is 1.00. The molecule has 2 rings (SSSR count). The van der Waals surface area contributed by atoms with Gasteiger partial charge in [0.2, 0.25) is 0 Å². The molecule has 0 aromatic carbocycles. The molecule has 0 aromatic rings. The van der Waals surface area contributed by atoms with E-state index in [2.05, 4.69) is 45.0 Å². The minimum absolute atomic E-state index is 0.203. The van der Waals surface area contributed by atoms with Crippen molar-refractivity contribution in [2.75, 3.05) is 39.9 Å². The van der Waals surface area contributed by atoms with Crippen LogP contribution in [0.15, 0.2) is 0 Å². The number of ether oxygens (including phenoxy) is 1. The van der Waals surface area contributed by atoms with Gasteiger partial charge in [0.1, 0.15) is 0 Å². The summed E-state index contributed by atoms with van der Waals surface area (Å²) in [6, 6.07) is 0. The minimum Gasteiger partial charge on any atom is -0.381 e. The first kappa shape index (κ1) is 16.3. The van der Waals surface area contributed by atoms with Gasteiger partial charge in [0, 0.05) is 38.4 Å². The summed E-state index contributed by atoms with van der Waals surface area (Å²) in [5.74, 6) is 1.91. The maximum absolute atomic E-state index is 5.60. The Kier molecular flexibility index (Phi) is 5.14. The van der Waals surface area contributed by atoms with Gasteiger partial charge in [-0.05, 0) is 64.3 Å². The predicted molar refractivity (Wildman–Crippen MR) is 85.0 cm³/mol. The summed E-state index contributed by atoms with van der Waals surface area (Å²) in [6.07, 6.45) is 3.82. The predicted octanol–water partition coefficient (Wildman–Crippen LogP) is 2.76. The maximum Gasteiger partial charge on any atom is 0.0472 e. The maximum atomic E-state index is 5.60. The molecule has 0 aromatic heterocycles. The molecule has 1 heterocycles. The Morgan fingerprint density at radius 3 is 2.35 bits per heavy atom. The Labute approximate surface area is 125 Å². The molecule has 3 heteroatoms. The average Bonchev–Trinajstić information content (AvgIpc) is 3.02. The van der Waals surface area contributed by atoms with Crippen LogP contribution in [0.2, 0.25) is 0 Å². The summed E-state index contributed by atoms with van der Waals surface area (Å²) in [4.78, 5) is 2.57. The molecular weight excluding hydrogens is 248 g/mol. The summed E-state index contributed by atoms with van der Waals surface area (Å²) in [6.45, 7) is 14.6. The molecule has 2 unspecified atom stereocenters. The molecule has 2 atom stereocenters. The highest BCUT2D eigenvalue weighted by atomic mass is 16.5. The van der Waals surface area contributed by atoms with E-state index in [1.165, 1.54) is 32.4 Å². The normalized spacial score (nSPS) is 29.7. The van der Waals surface area contributed by atoms with Crippen LogP contribution in [0, 0.1) is 17.3 Å². The summed E-state index contributed by atoms with van der Waals surface area (Å²) in [5, 5.41) is 3.73. The zero-order valence-electron chi connectivity index (χ0n) is 14.2. The average molecular weight is 282 g/mol. The van der Waals surface area contributed by atoms with Gasteiger partial charge in [-0.15, -0.1) is 0 Å². The molecule has 1 aliphatic heterocycles. The lowest BCUT2D eigenvalue weighted by Gasteiger charge is -2.42. The van der Waals surface area contributed by atoms with Crippen LogP contribution < -0.4 is 5.32 Å². The van der Waals surface area contributed by atoms with Gasteiger partial charge < -0.3 is 15.0 Å². The van der Waals surface area contributed by atoms with Crippen LogP contribution in [0.25, 0.3) is 0 Å². The van der Waals surface area contributed by atoms with E-state index in [0.717, 1.165) is 31.6 Å². The Balaban J connectivity index is 1.88. The molecule has 0 radical (unpaired) electrons. The van der Waals surface area contributed by atoms with Crippen molar-refractivity contribution >= 4 is 0 Å². The molecule has 1 N–H and O–H groups in total. The smallest absolute Gasteiger partial charge is 0.0472 e. The number of nitrogens with zero attached hydrogens (tertiary/aromatic N) is 1. The third kappa shape index (κ3) is 5.01. The van der Waals surface area contributed by atoms with Gasteiger partial charge in [0.15, 0.2) is 0 Å². The van der Waals surface area contributed by atoms with E-state index >= 15 is 0 Å². The number of nitrogens with one attached hydrogen (secondary N) is 1. The van der Waals surface area contributed by atoms with E-state index in [1.54, 1.807) is 0 Å². The summed E-state index contributed by atoms with van der Waals surface area (Å²) in [5.41, 5.74) is 0.604. The molecule has 0 amide bonds. The van der Waals surface area contributed by atoms with E-state index in [9.17, 15) is 0 Å². The molecule has 3 nitrogen and oxygen atoms in total. The van der Waals surface area contributed by atoms with Crippen molar-refractivity contribution in [3.8, 4) is 0 Å². The molecule has 20 heavy (non-hydrogen) atoms. The lowest BCUT2D eigenvalue weighted by atomic mass is 9.79. The van der Waals surface area contributed by atoms with Crippen LogP contribution in [-0.2, 0) is 4.74 Å². The van der Waals surface area contributed by atoms with E-state index < -0.39 is 0 Å². The highest BCUT2D eigenvalue weighted by Crippen LogP contribution is 2.39. The fourth-order valence-electron chi connectivity index (χ4n) is 3.34. The van der Waals surface area contributed by atoms with Crippen LogP contribution in [0.5, 0.6) is 0 Å². The van der Waals surface area contributed by atoms with Crippen molar-refractivity contribution in [2.24, 2.45) is 17.3 Å². The molecule has 0 bridgehead atoms. The number of hydrogen-bond acceptors (Lipinski definition) is 3. The van der Waals surface area contributed by atoms with Gasteiger partial charge in [-0.3, -0.25) is 0 Å². The Bertz CT molecular complexity index is 305. The van der Waals surface area contributed by atoms with E-state index in [4.69, 9.17) is 4.74 Å². The van der Waals surface area contributed by atoms with Crippen LogP contribution in [0.4, 0.5) is 0 Å². The van der Waals surface area contributed by atoms with Crippen LogP contribution in [-0.4, -0.2) is 50.3 Å². The molecule has 2 fully saturated rings. The standard InChI is InChI=1S/C17H34N2O/c1-14-10-15(14)11-19(5)13-17(6-8-20-9-7-17)12-18-16(2,3)4/h14-15,18H,6-13H2,1-5H3. The second-order valence-corrected chi connectivity index (χ2v) is 8.39. The van der Waals surface area contributed by atoms with Crippen LogP contribution in [0.1, 0.15) is 47.0 Å². The van der Waals surface area contributed by atoms with Gasteiger partial charge in [-0.25, -0.2) is 0 Å². The van der Waals surface area contributed by atoms with Crippen molar-refractivity contribution in [1.82, 2.24) is 10.2 Å². The lowest BCUT2D eigenvalue weighted by molar-refractivity contribution is -0.00399. The topological polar surface area (TPSA) is 24.5 Å². The summed E-state index contributed by atoms with van der Waals surface area (Å²) in [7, 11) is 2.30. The second-order valence-electron chi connectivity index (χ2n) is 8.39. The third-order valence-corrected chi connectivity index (χ3v) is 4.97. The number of hydrogen-bond donors (Lipinski definition) is 1. The second kappa shape index (κ2) is 6.33. The number of rotatable bonds is 6. The molecule has 1 saturated carbocycles.